The van der Waals surface area contributed by atoms with Crippen LogP contribution in [-0.2, 0) is 6.54 Å². The molecule has 0 fully saturated rings. The van der Waals surface area contributed by atoms with Crippen LogP contribution in [0.1, 0.15) is 16.1 Å². The highest BCUT2D eigenvalue weighted by atomic mass is 16.6. The van der Waals surface area contributed by atoms with Crippen LogP contribution in [0.15, 0.2) is 89.5 Å². The van der Waals surface area contributed by atoms with Gasteiger partial charge >= 0.3 is 0 Å². The van der Waals surface area contributed by atoms with Crippen molar-refractivity contribution in [2.45, 2.75) is 6.54 Å². The number of carbonyl (C=O) groups excluding carboxylic acids is 1. The Morgan fingerprint density at radius 2 is 1.74 bits per heavy atom. The van der Waals surface area contributed by atoms with Crippen LogP contribution in [0, 0.1) is 10.1 Å². The Hall–Kier alpha value is -4.46. The van der Waals surface area contributed by atoms with Gasteiger partial charge < -0.3 is 15.1 Å². The molecule has 154 valence electrons. The lowest BCUT2D eigenvalue weighted by Crippen LogP contribution is -2.10. The van der Waals surface area contributed by atoms with Crippen LogP contribution < -0.4 is 10.6 Å². The number of pyridine rings is 1. The van der Waals surface area contributed by atoms with E-state index in [-0.39, 0.29) is 17.4 Å². The van der Waals surface area contributed by atoms with Crippen molar-refractivity contribution >= 4 is 23.1 Å². The smallest absolute Gasteiger partial charge is 0.295 e. The molecular weight excluding hydrogens is 396 g/mol. The highest BCUT2D eigenvalue weighted by molar-refractivity contribution is 6.02. The normalized spacial score (nSPS) is 10.5. The lowest BCUT2D eigenvalue weighted by molar-refractivity contribution is -0.384. The maximum absolute atomic E-state index is 12.0. The van der Waals surface area contributed by atoms with Crippen LogP contribution in [0.3, 0.4) is 0 Å². The molecule has 4 aromatic rings. The van der Waals surface area contributed by atoms with E-state index in [2.05, 4.69) is 15.6 Å². The second-order valence-electron chi connectivity index (χ2n) is 6.67. The first-order valence-corrected chi connectivity index (χ1v) is 9.49. The SMILES string of the molecule is O=C(Nc1ccc(CNc2ccc([N+](=O)[O-])c(-c3ccccc3)n2)cc1)c1ccco1. The molecule has 0 bridgehead atoms. The first-order valence-electron chi connectivity index (χ1n) is 9.49. The summed E-state index contributed by atoms with van der Waals surface area (Å²) in [7, 11) is 0. The Kier molecular flexibility index (Phi) is 5.70. The molecule has 2 aromatic carbocycles. The van der Waals surface area contributed by atoms with E-state index in [4.69, 9.17) is 4.42 Å². The predicted octanol–water partition coefficient (Wildman–Crippen LogP) is 5.11. The fourth-order valence-corrected chi connectivity index (χ4v) is 3.01. The zero-order valence-electron chi connectivity index (χ0n) is 16.3. The number of aromatic nitrogens is 1. The van der Waals surface area contributed by atoms with Crippen molar-refractivity contribution in [3.05, 3.63) is 107 Å². The molecule has 0 spiro atoms. The summed E-state index contributed by atoms with van der Waals surface area (Å²) in [5.74, 6) is 0.447. The summed E-state index contributed by atoms with van der Waals surface area (Å²) < 4.78 is 5.07. The number of nitrogens with one attached hydrogen (secondary N) is 2. The van der Waals surface area contributed by atoms with Gasteiger partial charge in [0.15, 0.2) is 11.5 Å². The van der Waals surface area contributed by atoms with Gasteiger partial charge in [-0.3, -0.25) is 14.9 Å². The van der Waals surface area contributed by atoms with E-state index in [9.17, 15) is 14.9 Å². The first kappa shape index (κ1) is 19.8. The molecule has 0 aliphatic heterocycles. The highest BCUT2D eigenvalue weighted by Gasteiger charge is 2.17. The van der Waals surface area contributed by atoms with E-state index < -0.39 is 4.92 Å². The molecular formula is C23H18N4O4. The lowest BCUT2D eigenvalue weighted by atomic mass is 10.1. The van der Waals surface area contributed by atoms with Gasteiger partial charge in [-0.05, 0) is 35.9 Å². The van der Waals surface area contributed by atoms with E-state index in [1.807, 2.05) is 30.3 Å². The largest absolute Gasteiger partial charge is 0.459 e. The quantitative estimate of drug-likeness (QED) is 0.321. The maximum atomic E-state index is 12.0. The van der Waals surface area contributed by atoms with Gasteiger partial charge in [-0.15, -0.1) is 0 Å². The van der Waals surface area contributed by atoms with Crippen molar-refractivity contribution in [2.24, 2.45) is 0 Å². The number of amides is 1. The number of nitro groups is 1. The molecule has 2 N–H and O–H groups in total. The molecule has 1 amide bonds. The summed E-state index contributed by atoms with van der Waals surface area (Å²) >= 11 is 0. The number of hydrogen-bond donors (Lipinski definition) is 2. The molecule has 0 unspecified atom stereocenters. The summed E-state index contributed by atoms with van der Waals surface area (Å²) in [4.78, 5) is 27.4. The Bertz CT molecular complexity index is 1190. The molecule has 8 heteroatoms. The van der Waals surface area contributed by atoms with Gasteiger partial charge in [-0.25, -0.2) is 4.98 Å². The van der Waals surface area contributed by atoms with E-state index in [1.165, 1.54) is 12.3 Å². The van der Waals surface area contributed by atoms with Crippen molar-refractivity contribution in [2.75, 3.05) is 10.6 Å². The number of hydrogen-bond acceptors (Lipinski definition) is 6. The van der Waals surface area contributed by atoms with E-state index in [0.717, 1.165) is 5.56 Å². The van der Waals surface area contributed by atoms with Gasteiger partial charge in [0.05, 0.1) is 11.2 Å². The Morgan fingerprint density at radius 3 is 2.42 bits per heavy atom. The number of carbonyl (C=O) groups is 1. The van der Waals surface area contributed by atoms with E-state index >= 15 is 0 Å². The van der Waals surface area contributed by atoms with Gasteiger partial charge in [0, 0.05) is 23.9 Å². The number of benzene rings is 2. The fraction of sp³-hybridized carbons (Fsp3) is 0.0435. The molecule has 0 atom stereocenters. The minimum Gasteiger partial charge on any atom is -0.459 e. The molecule has 2 aromatic heterocycles. The van der Waals surface area contributed by atoms with Crippen LogP contribution in [0.25, 0.3) is 11.3 Å². The monoisotopic (exact) mass is 414 g/mol. The lowest BCUT2D eigenvalue weighted by Gasteiger charge is -2.09. The molecule has 0 radical (unpaired) electrons. The summed E-state index contributed by atoms with van der Waals surface area (Å²) in [5, 5.41) is 17.3. The summed E-state index contributed by atoms with van der Waals surface area (Å²) in [6.07, 6.45) is 1.44. The van der Waals surface area contributed by atoms with Crippen LogP contribution in [0.4, 0.5) is 17.2 Å². The molecule has 0 saturated heterocycles. The Balaban J connectivity index is 1.44. The third-order valence-corrected chi connectivity index (χ3v) is 4.55. The van der Waals surface area contributed by atoms with E-state index in [0.29, 0.717) is 29.3 Å². The zero-order chi connectivity index (χ0) is 21.6. The predicted molar refractivity (Wildman–Crippen MR) is 117 cm³/mol. The van der Waals surface area contributed by atoms with Crippen molar-refractivity contribution < 1.29 is 14.1 Å². The third kappa shape index (κ3) is 4.76. The number of anilines is 2. The van der Waals surface area contributed by atoms with Gasteiger partial charge in [0.25, 0.3) is 11.6 Å². The second kappa shape index (κ2) is 8.91. The highest BCUT2D eigenvalue weighted by Crippen LogP contribution is 2.29. The maximum Gasteiger partial charge on any atom is 0.295 e. The number of rotatable bonds is 7. The summed E-state index contributed by atoms with van der Waals surface area (Å²) in [5.41, 5.74) is 2.54. The van der Waals surface area contributed by atoms with Crippen LogP contribution >= 0.6 is 0 Å². The molecule has 2 heterocycles. The molecule has 0 aliphatic rings. The van der Waals surface area contributed by atoms with Crippen molar-refractivity contribution in [1.82, 2.24) is 4.98 Å². The van der Waals surface area contributed by atoms with Crippen molar-refractivity contribution in [3.63, 3.8) is 0 Å². The third-order valence-electron chi connectivity index (χ3n) is 4.55. The number of nitrogens with zero attached hydrogens (tertiary/aromatic N) is 2. The van der Waals surface area contributed by atoms with Crippen molar-refractivity contribution in [3.8, 4) is 11.3 Å². The fourth-order valence-electron chi connectivity index (χ4n) is 3.01. The minimum absolute atomic E-state index is 0.0478. The van der Waals surface area contributed by atoms with Gasteiger partial charge in [-0.1, -0.05) is 42.5 Å². The zero-order valence-corrected chi connectivity index (χ0v) is 16.3. The second-order valence-corrected chi connectivity index (χ2v) is 6.67. The van der Waals surface area contributed by atoms with Gasteiger partial charge in [0.1, 0.15) is 5.82 Å². The van der Waals surface area contributed by atoms with Gasteiger partial charge in [0.2, 0.25) is 0 Å². The number of furan rings is 1. The van der Waals surface area contributed by atoms with Crippen LogP contribution in [0.5, 0.6) is 0 Å². The first-order chi connectivity index (χ1) is 15.1. The standard InChI is InChI=1S/C23H18N4O4/c28-23(20-7-4-14-31-20)25-18-10-8-16(9-11-18)15-24-21-13-12-19(27(29)30)22(26-21)17-5-2-1-3-6-17/h1-14H,15H2,(H,24,26)(H,25,28). The van der Waals surface area contributed by atoms with Crippen LogP contribution in [0.2, 0.25) is 0 Å². The molecule has 8 nitrogen and oxygen atoms in total. The van der Waals surface area contributed by atoms with E-state index in [1.54, 1.807) is 42.5 Å². The van der Waals surface area contributed by atoms with Crippen molar-refractivity contribution in [1.29, 1.82) is 0 Å². The van der Waals surface area contributed by atoms with Gasteiger partial charge in [-0.2, -0.15) is 0 Å². The topological polar surface area (TPSA) is 110 Å². The average Bonchev–Trinajstić information content (AvgIpc) is 3.34. The molecule has 0 aliphatic carbocycles. The Morgan fingerprint density at radius 1 is 0.968 bits per heavy atom. The molecule has 0 saturated carbocycles. The molecule has 31 heavy (non-hydrogen) atoms. The summed E-state index contributed by atoms with van der Waals surface area (Å²) in [6, 6.07) is 22.6. The summed E-state index contributed by atoms with van der Waals surface area (Å²) in [6.45, 7) is 0.464. The Labute approximate surface area is 177 Å². The average molecular weight is 414 g/mol. The minimum atomic E-state index is -0.436. The van der Waals surface area contributed by atoms with Crippen LogP contribution in [-0.4, -0.2) is 15.8 Å². The molecule has 4 rings (SSSR count).